The lowest BCUT2D eigenvalue weighted by Crippen LogP contribution is -1.89. The van der Waals surface area contributed by atoms with Gasteiger partial charge in [0.25, 0.3) is 0 Å². The second kappa shape index (κ2) is 4.42. The van der Waals surface area contributed by atoms with Crippen LogP contribution in [0.25, 0.3) is 0 Å². The molecule has 1 saturated heterocycles. The molecular formula is C15H14N2. The summed E-state index contributed by atoms with van der Waals surface area (Å²) in [4.78, 5) is 0. The second-order valence-electron chi connectivity index (χ2n) is 4.20. The molecule has 17 heavy (non-hydrogen) atoms. The van der Waals surface area contributed by atoms with Gasteiger partial charge in [0.15, 0.2) is 0 Å². The van der Waals surface area contributed by atoms with Crippen LogP contribution in [0.15, 0.2) is 65.8 Å². The lowest BCUT2D eigenvalue weighted by molar-refractivity contribution is 0.556. The molecule has 0 saturated carbocycles. The highest BCUT2D eigenvalue weighted by Crippen LogP contribution is 2.34. The summed E-state index contributed by atoms with van der Waals surface area (Å²) < 4.78 is 0. The van der Waals surface area contributed by atoms with Crippen molar-refractivity contribution in [3.8, 4) is 0 Å². The van der Waals surface area contributed by atoms with Gasteiger partial charge in [-0.2, -0.15) is 5.10 Å². The van der Waals surface area contributed by atoms with E-state index in [0.717, 1.165) is 12.1 Å². The number of hydrogen-bond acceptors (Lipinski definition) is 2. The first-order valence-electron chi connectivity index (χ1n) is 5.84. The van der Waals surface area contributed by atoms with Crippen molar-refractivity contribution in [3.05, 3.63) is 71.8 Å². The van der Waals surface area contributed by atoms with Crippen molar-refractivity contribution in [1.82, 2.24) is 5.01 Å². The van der Waals surface area contributed by atoms with Crippen LogP contribution in [0.1, 0.15) is 17.2 Å². The molecule has 1 aliphatic rings. The lowest BCUT2D eigenvalue weighted by atomic mass is 10.2. The maximum atomic E-state index is 4.47. The molecule has 0 aromatic heterocycles. The molecule has 2 heteroatoms. The summed E-state index contributed by atoms with van der Waals surface area (Å²) in [6.07, 6.45) is 1.92. The molecule has 0 bridgehead atoms. The summed E-state index contributed by atoms with van der Waals surface area (Å²) >= 11 is 0. The van der Waals surface area contributed by atoms with E-state index in [4.69, 9.17) is 0 Å². The number of hydrazone groups is 1. The Labute approximate surface area is 101 Å². The van der Waals surface area contributed by atoms with Crippen LogP contribution in [0.2, 0.25) is 0 Å². The number of rotatable bonds is 3. The van der Waals surface area contributed by atoms with Gasteiger partial charge in [-0.3, -0.25) is 5.01 Å². The summed E-state index contributed by atoms with van der Waals surface area (Å²) in [5.74, 6) is 0. The Bertz CT molecular complexity index is 505. The quantitative estimate of drug-likeness (QED) is 0.575. The van der Waals surface area contributed by atoms with Crippen molar-refractivity contribution >= 4 is 6.21 Å². The zero-order valence-corrected chi connectivity index (χ0v) is 9.53. The largest absolute Gasteiger partial charge is 0.285 e. The predicted molar refractivity (Wildman–Crippen MR) is 69.9 cm³/mol. The minimum atomic E-state index is 0.469. The molecule has 3 rings (SSSR count). The van der Waals surface area contributed by atoms with Crippen molar-refractivity contribution in [1.29, 1.82) is 0 Å². The van der Waals surface area contributed by atoms with Gasteiger partial charge in [-0.15, -0.1) is 0 Å². The lowest BCUT2D eigenvalue weighted by Gasteiger charge is -1.98. The van der Waals surface area contributed by atoms with Crippen molar-refractivity contribution in [2.75, 3.05) is 6.54 Å². The molecule has 1 unspecified atom stereocenters. The van der Waals surface area contributed by atoms with E-state index in [1.165, 1.54) is 5.56 Å². The Morgan fingerprint density at radius 2 is 1.59 bits per heavy atom. The molecule has 0 N–H and O–H groups in total. The van der Waals surface area contributed by atoms with Crippen LogP contribution < -0.4 is 0 Å². The van der Waals surface area contributed by atoms with Gasteiger partial charge in [0.2, 0.25) is 0 Å². The van der Waals surface area contributed by atoms with Gasteiger partial charge < -0.3 is 0 Å². The van der Waals surface area contributed by atoms with Crippen LogP contribution in [0.5, 0.6) is 0 Å². The number of benzene rings is 2. The van der Waals surface area contributed by atoms with E-state index in [2.05, 4.69) is 46.5 Å². The highest BCUT2D eigenvalue weighted by atomic mass is 15.6. The number of nitrogens with zero attached hydrogens (tertiary/aromatic N) is 2. The predicted octanol–water partition coefficient (Wildman–Crippen LogP) is 3.08. The van der Waals surface area contributed by atoms with E-state index in [9.17, 15) is 0 Å². The fourth-order valence-corrected chi connectivity index (χ4v) is 1.89. The molecule has 0 radical (unpaired) electrons. The molecule has 0 spiro atoms. The van der Waals surface area contributed by atoms with Crippen molar-refractivity contribution < 1.29 is 0 Å². The highest BCUT2D eigenvalue weighted by Gasteiger charge is 2.33. The van der Waals surface area contributed by atoms with E-state index >= 15 is 0 Å². The molecule has 2 nitrogen and oxygen atoms in total. The van der Waals surface area contributed by atoms with Gasteiger partial charge in [-0.05, 0) is 11.1 Å². The molecular weight excluding hydrogens is 208 g/mol. The first-order valence-corrected chi connectivity index (χ1v) is 5.84. The van der Waals surface area contributed by atoms with E-state index < -0.39 is 0 Å². The van der Waals surface area contributed by atoms with E-state index in [1.54, 1.807) is 0 Å². The highest BCUT2D eigenvalue weighted by molar-refractivity contribution is 5.79. The third kappa shape index (κ3) is 2.36. The van der Waals surface area contributed by atoms with Crippen LogP contribution in [0.4, 0.5) is 0 Å². The van der Waals surface area contributed by atoms with Crippen molar-refractivity contribution in [2.45, 2.75) is 6.04 Å². The van der Waals surface area contributed by atoms with Crippen molar-refractivity contribution in [3.63, 3.8) is 0 Å². The molecule has 1 atom stereocenters. The van der Waals surface area contributed by atoms with Crippen LogP contribution >= 0.6 is 0 Å². The SMILES string of the molecule is C(=N\N1CC1c1ccccc1)/c1ccccc1. The Morgan fingerprint density at radius 1 is 0.941 bits per heavy atom. The normalized spacial score (nSPS) is 18.6. The molecule has 1 heterocycles. The minimum Gasteiger partial charge on any atom is -0.285 e. The summed E-state index contributed by atoms with van der Waals surface area (Å²) in [5.41, 5.74) is 2.49. The van der Waals surface area contributed by atoms with Gasteiger partial charge >= 0.3 is 0 Å². The first kappa shape index (κ1) is 10.1. The van der Waals surface area contributed by atoms with Gasteiger partial charge in [0.1, 0.15) is 0 Å². The molecule has 2 aromatic carbocycles. The monoisotopic (exact) mass is 222 g/mol. The Balaban J connectivity index is 1.65. The Morgan fingerprint density at radius 3 is 2.29 bits per heavy atom. The Hall–Kier alpha value is -2.09. The van der Waals surface area contributed by atoms with Gasteiger partial charge in [-0.1, -0.05) is 60.7 Å². The fourth-order valence-electron chi connectivity index (χ4n) is 1.89. The van der Waals surface area contributed by atoms with Gasteiger partial charge in [0, 0.05) is 0 Å². The van der Waals surface area contributed by atoms with Crippen LogP contribution in [0.3, 0.4) is 0 Å². The summed E-state index contributed by atoms with van der Waals surface area (Å²) in [7, 11) is 0. The molecule has 0 amide bonds. The summed E-state index contributed by atoms with van der Waals surface area (Å²) in [5, 5.41) is 6.57. The van der Waals surface area contributed by atoms with E-state index in [-0.39, 0.29) is 0 Å². The van der Waals surface area contributed by atoms with E-state index in [1.807, 2.05) is 30.5 Å². The Kier molecular flexibility index (Phi) is 2.62. The van der Waals surface area contributed by atoms with Gasteiger partial charge in [-0.25, -0.2) is 0 Å². The van der Waals surface area contributed by atoms with Crippen LogP contribution in [0, 0.1) is 0 Å². The zero-order valence-electron chi connectivity index (χ0n) is 9.53. The smallest absolute Gasteiger partial charge is 0.0913 e. The van der Waals surface area contributed by atoms with Gasteiger partial charge in [0.05, 0.1) is 18.8 Å². The molecule has 1 fully saturated rings. The summed E-state index contributed by atoms with van der Waals surface area (Å²) in [6.45, 7) is 1.02. The molecule has 84 valence electrons. The van der Waals surface area contributed by atoms with Crippen LogP contribution in [-0.2, 0) is 0 Å². The fraction of sp³-hybridized carbons (Fsp3) is 0.133. The van der Waals surface area contributed by atoms with E-state index in [0.29, 0.717) is 6.04 Å². The average molecular weight is 222 g/mol. The standard InChI is InChI=1S/C15H14N2/c1-3-7-13(8-4-1)11-16-17-12-15(17)14-9-5-2-6-10-14/h1-11,15H,12H2/b16-11+. The summed E-state index contributed by atoms with van der Waals surface area (Å²) in [6, 6.07) is 21.2. The topological polar surface area (TPSA) is 15.4 Å². The molecule has 2 aromatic rings. The second-order valence-corrected chi connectivity index (χ2v) is 4.20. The average Bonchev–Trinajstić information content (AvgIpc) is 3.18. The minimum absolute atomic E-state index is 0.469. The molecule has 1 aliphatic heterocycles. The molecule has 0 aliphatic carbocycles. The van der Waals surface area contributed by atoms with Crippen LogP contribution in [-0.4, -0.2) is 17.8 Å². The van der Waals surface area contributed by atoms with Crippen molar-refractivity contribution in [2.24, 2.45) is 5.10 Å². The number of hydrogen-bond donors (Lipinski definition) is 0. The maximum absolute atomic E-state index is 4.47. The third-order valence-electron chi connectivity index (χ3n) is 2.93. The third-order valence-corrected chi connectivity index (χ3v) is 2.93. The zero-order chi connectivity index (χ0) is 11.5. The maximum Gasteiger partial charge on any atom is 0.0913 e. The first-order chi connectivity index (χ1) is 8.43.